The average molecular weight is 416 g/mol. The number of rotatable bonds is 6. The van der Waals surface area contributed by atoms with Crippen molar-refractivity contribution in [3.63, 3.8) is 0 Å². The van der Waals surface area contributed by atoms with Gasteiger partial charge in [-0.15, -0.1) is 10.2 Å². The zero-order valence-electron chi connectivity index (χ0n) is 17.1. The molecule has 1 N–H and O–H groups in total. The van der Waals surface area contributed by atoms with E-state index >= 15 is 0 Å². The normalized spacial score (nSPS) is 20.2. The van der Waals surface area contributed by atoms with Crippen LogP contribution in [0.3, 0.4) is 0 Å². The van der Waals surface area contributed by atoms with E-state index in [1.165, 1.54) is 22.9 Å². The number of nitrogens with zero attached hydrogens (tertiary/aromatic N) is 4. The van der Waals surface area contributed by atoms with E-state index < -0.39 is 0 Å². The number of carbonyl (C=O) groups is 1. The quantitative estimate of drug-likeness (QED) is 0.732. The molecule has 1 aromatic heterocycles. The summed E-state index contributed by atoms with van der Waals surface area (Å²) in [6, 6.07) is 8.54. The highest BCUT2D eigenvalue weighted by Gasteiger charge is 2.26. The second-order valence-corrected chi connectivity index (χ2v) is 8.85. The second-order valence-electron chi connectivity index (χ2n) is 7.54. The Morgan fingerprint density at radius 3 is 2.90 bits per heavy atom. The van der Waals surface area contributed by atoms with Gasteiger partial charge in [-0.3, -0.25) is 9.36 Å². The van der Waals surface area contributed by atoms with Crippen LogP contribution in [0.25, 0.3) is 0 Å². The molecule has 0 unspecified atom stereocenters. The van der Waals surface area contributed by atoms with Crippen molar-refractivity contribution in [1.29, 1.82) is 0 Å². The van der Waals surface area contributed by atoms with Gasteiger partial charge in [0.25, 0.3) is 0 Å². The Morgan fingerprint density at radius 2 is 2.10 bits per heavy atom. The maximum Gasteiger partial charge on any atom is 0.233 e. The van der Waals surface area contributed by atoms with Crippen LogP contribution in [0.2, 0.25) is 0 Å². The summed E-state index contributed by atoms with van der Waals surface area (Å²) >= 11 is 1.48. The summed E-state index contributed by atoms with van der Waals surface area (Å²) in [4.78, 5) is 15.1. The Labute approximate surface area is 176 Å². The Hall–Kier alpha value is -2.06. The molecule has 156 valence electrons. The van der Waals surface area contributed by atoms with Crippen LogP contribution in [-0.2, 0) is 22.5 Å². The number of thioether (sulfide) groups is 1. The molecular weight excluding hydrogens is 386 g/mol. The zero-order chi connectivity index (χ0) is 20.2. The molecule has 2 heterocycles. The molecule has 2 atom stereocenters. The third-order valence-electron chi connectivity index (χ3n) is 5.64. The van der Waals surface area contributed by atoms with Crippen molar-refractivity contribution >= 4 is 23.6 Å². The van der Waals surface area contributed by atoms with Gasteiger partial charge in [-0.1, -0.05) is 36.0 Å². The topological polar surface area (TPSA) is 72.3 Å². The molecule has 1 aliphatic heterocycles. The summed E-state index contributed by atoms with van der Waals surface area (Å²) in [6.07, 6.45) is 3.19. The number of carbonyl (C=O) groups excluding carboxylic acids is 1. The molecule has 2 aliphatic rings. The Bertz CT molecular complexity index is 849. The number of fused-ring (bicyclic) bond motifs is 1. The second kappa shape index (κ2) is 9.17. The molecule has 29 heavy (non-hydrogen) atoms. The number of morpholine rings is 1. The number of benzene rings is 1. The maximum absolute atomic E-state index is 12.9. The van der Waals surface area contributed by atoms with E-state index in [9.17, 15) is 4.79 Å². The number of aromatic nitrogens is 3. The Morgan fingerprint density at radius 1 is 1.31 bits per heavy atom. The number of hydrogen-bond acceptors (Lipinski definition) is 6. The van der Waals surface area contributed by atoms with E-state index in [2.05, 4.69) is 56.2 Å². The minimum atomic E-state index is -0.240. The van der Waals surface area contributed by atoms with Gasteiger partial charge in [0.15, 0.2) is 5.16 Å². The summed E-state index contributed by atoms with van der Waals surface area (Å²) in [5.41, 5.74) is 2.61. The van der Waals surface area contributed by atoms with Gasteiger partial charge in [-0.05, 0) is 44.2 Å². The molecule has 1 aliphatic carbocycles. The molecule has 4 rings (SSSR count). The standard InChI is InChI=1S/C21H29N5O2S/c1-3-26-20(25-11-13-28-14-12-25)23-24-21(26)29-15(2)19(27)22-18-10-6-8-16-7-4-5-9-17(16)18/h4-5,7,9,15,18H,3,6,8,10-14H2,1-2H3,(H,22,27)/t15-,18+/m0/s1. The van der Waals surface area contributed by atoms with Crippen LogP contribution < -0.4 is 10.2 Å². The molecule has 2 aromatic rings. The number of nitrogens with one attached hydrogen (secondary N) is 1. The van der Waals surface area contributed by atoms with E-state index in [1.54, 1.807) is 0 Å². The third kappa shape index (κ3) is 4.43. The van der Waals surface area contributed by atoms with Crippen molar-refractivity contribution in [2.24, 2.45) is 0 Å². The summed E-state index contributed by atoms with van der Waals surface area (Å²) in [5.74, 6) is 0.919. The molecule has 1 saturated heterocycles. The van der Waals surface area contributed by atoms with Gasteiger partial charge in [0.05, 0.1) is 24.5 Å². The highest BCUT2D eigenvalue weighted by Crippen LogP contribution is 2.31. The first-order valence-electron chi connectivity index (χ1n) is 10.5. The van der Waals surface area contributed by atoms with E-state index in [0.29, 0.717) is 13.2 Å². The molecule has 1 fully saturated rings. The van der Waals surface area contributed by atoms with E-state index in [-0.39, 0.29) is 17.2 Å². The van der Waals surface area contributed by atoms with Crippen LogP contribution in [0.15, 0.2) is 29.4 Å². The van der Waals surface area contributed by atoms with Crippen LogP contribution in [-0.4, -0.2) is 52.2 Å². The van der Waals surface area contributed by atoms with Crippen molar-refractivity contribution in [2.45, 2.75) is 56.1 Å². The van der Waals surface area contributed by atoms with Crippen LogP contribution in [0.5, 0.6) is 0 Å². The summed E-state index contributed by atoms with van der Waals surface area (Å²) < 4.78 is 7.53. The highest BCUT2D eigenvalue weighted by atomic mass is 32.2. The lowest BCUT2D eigenvalue weighted by atomic mass is 9.88. The summed E-state index contributed by atoms with van der Waals surface area (Å²) in [6.45, 7) is 7.85. The first kappa shape index (κ1) is 20.2. The van der Waals surface area contributed by atoms with Crippen molar-refractivity contribution in [2.75, 3.05) is 31.2 Å². The molecule has 0 bridgehead atoms. The van der Waals surface area contributed by atoms with Crippen LogP contribution in [0.4, 0.5) is 5.95 Å². The fourth-order valence-corrected chi connectivity index (χ4v) is 4.96. The minimum Gasteiger partial charge on any atom is -0.378 e. The first-order valence-corrected chi connectivity index (χ1v) is 11.4. The number of ether oxygens (including phenoxy) is 1. The molecule has 1 aromatic carbocycles. The molecule has 0 spiro atoms. The predicted octanol–water partition coefficient (Wildman–Crippen LogP) is 2.81. The molecule has 0 radical (unpaired) electrons. The number of amides is 1. The summed E-state index contributed by atoms with van der Waals surface area (Å²) in [5, 5.41) is 12.6. The van der Waals surface area contributed by atoms with Crippen molar-refractivity contribution in [1.82, 2.24) is 20.1 Å². The lowest BCUT2D eigenvalue weighted by molar-refractivity contribution is -0.121. The molecule has 8 heteroatoms. The number of hydrogen-bond donors (Lipinski definition) is 1. The highest BCUT2D eigenvalue weighted by molar-refractivity contribution is 8.00. The van der Waals surface area contributed by atoms with Crippen molar-refractivity contribution < 1.29 is 9.53 Å². The monoisotopic (exact) mass is 415 g/mol. The largest absolute Gasteiger partial charge is 0.378 e. The molecule has 1 amide bonds. The van der Waals surface area contributed by atoms with Crippen LogP contribution >= 0.6 is 11.8 Å². The smallest absolute Gasteiger partial charge is 0.233 e. The van der Waals surface area contributed by atoms with Gasteiger partial charge < -0.3 is 15.0 Å². The summed E-state index contributed by atoms with van der Waals surface area (Å²) in [7, 11) is 0. The number of aryl methyl sites for hydroxylation is 1. The lowest BCUT2D eigenvalue weighted by Gasteiger charge is -2.28. The van der Waals surface area contributed by atoms with Gasteiger partial charge in [0, 0.05) is 19.6 Å². The molecular formula is C21H29N5O2S. The van der Waals surface area contributed by atoms with Gasteiger partial charge >= 0.3 is 0 Å². The Balaban J connectivity index is 1.42. The SMILES string of the molecule is CCn1c(S[C@@H](C)C(=O)N[C@@H]2CCCc3ccccc32)nnc1N1CCOCC1. The van der Waals surface area contributed by atoms with Crippen LogP contribution in [0.1, 0.15) is 43.9 Å². The van der Waals surface area contributed by atoms with Gasteiger partial charge in [-0.25, -0.2) is 0 Å². The van der Waals surface area contributed by atoms with E-state index in [1.807, 2.05) is 6.92 Å². The number of anilines is 1. The zero-order valence-corrected chi connectivity index (χ0v) is 18.0. The average Bonchev–Trinajstić information content (AvgIpc) is 3.17. The van der Waals surface area contributed by atoms with Gasteiger partial charge in [-0.2, -0.15) is 0 Å². The van der Waals surface area contributed by atoms with Gasteiger partial charge in [0.1, 0.15) is 0 Å². The fraction of sp³-hybridized carbons (Fsp3) is 0.571. The van der Waals surface area contributed by atoms with Crippen LogP contribution in [0, 0.1) is 0 Å². The van der Waals surface area contributed by atoms with E-state index in [0.717, 1.165) is 50.0 Å². The maximum atomic E-state index is 12.9. The van der Waals surface area contributed by atoms with E-state index in [4.69, 9.17) is 4.74 Å². The van der Waals surface area contributed by atoms with Crippen molar-refractivity contribution in [3.8, 4) is 0 Å². The molecule has 7 nitrogen and oxygen atoms in total. The first-order chi connectivity index (χ1) is 14.2. The predicted molar refractivity (Wildman–Crippen MR) is 114 cm³/mol. The van der Waals surface area contributed by atoms with Gasteiger partial charge in [0.2, 0.25) is 11.9 Å². The molecule has 0 saturated carbocycles. The van der Waals surface area contributed by atoms with Crippen molar-refractivity contribution in [3.05, 3.63) is 35.4 Å². The lowest BCUT2D eigenvalue weighted by Crippen LogP contribution is -2.38. The minimum absolute atomic E-state index is 0.0512. The fourth-order valence-electron chi connectivity index (χ4n) is 4.05. The third-order valence-corrected chi connectivity index (χ3v) is 6.73. The Kier molecular flexibility index (Phi) is 6.40.